The van der Waals surface area contributed by atoms with Crippen LogP contribution in [0.1, 0.15) is 46.5 Å². The average Bonchev–Trinajstić information content (AvgIpc) is 2.85. The lowest BCUT2D eigenvalue weighted by Gasteiger charge is -2.28. The first-order valence-electron chi connectivity index (χ1n) is 7.19. The number of hydrogen-bond acceptors (Lipinski definition) is 2. The standard InChI is InChI=1S/C14H28N2/c1-4-8-15-13-7-9-16(10-13)14-6-5-11(2)12(14)3/h11-15H,4-10H2,1-3H3. The van der Waals surface area contributed by atoms with Crippen LogP contribution in [0.15, 0.2) is 0 Å². The van der Waals surface area contributed by atoms with Gasteiger partial charge in [0.15, 0.2) is 0 Å². The molecule has 1 saturated heterocycles. The number of nitrogens with zero attached hydrogens (tertiary/aromatic N) is 1. The molecule has 2 rings (SSSR count). The highest BCUT2D eigenvalue weighted by atomic mass is 15.2. The van der Waals surface area contributed by atoms with Gasteiger partial charge in [0.2, 0.25) is 0 Å². The van der Waals surface area contributed by atoms with Crippen molar-refractivity contribution in [3.63, 3.8) is 0 Å². The van der Waals surface area contributed by atoms with Crippen LogP contribution in [0.3, 0.4) is 0 Å². The van der Waals surface area contributed by atoms with Gasteiger partial charge in [-0.2, -0.15) is 0 Å². The predicted molar refractivity (Wildman–Crippen MR) is 69.6 cm³/mol. The van der Waals surface area contributed by atoms with Crippen molar-refractivity contribution in [2.75, 3.05) is 19.6 Å². The molecule has 0 spiro atoms. The minimum Gasteiger partial charge on any atom is -0.313 e. The van der Waals surface area contributed by atoms with E-state index >= 15 is 0 Å². The molecule has 0 amide bonds. The van der Waals surface area contributed by atoms with Gasteiger partial charge in [-0.15, -0.1) is 0 Å². The molecular weight excluding hydrogens is 196 g/mol. The molecule has 0 aromatic carbocycles. The zero-order valence-electron chi connectivity index (χ0n) is 11.2. The molecule has 1 aliphatic heterocycles. The maximum atomic E-state index is 3.67. The first-order valence-corrected chi connectivity index (χ1v) is 7.19. The SMILES string of the molecule is CCCNC1CCN(C2CCC(C)C2C)C1. The molecule has 16 heavy (non-hydrogen) atoms. The van der Waals surface area contributed by atoms with E-state index in [4.69, 9.17) is 0 Å². The third-order valence-corrected chi connectivity index (χ3v) is 4.79. The summed E-state index contributed by atoms with van der Waals surface area (Å²) in [6.07, 6.45) is 5.49. The first kappa shape index (κ1) is 12.4. The summed E-state index contributed by atoms with van der Waals surface area (Å²) in [6.45, 7) is 10.9. The lowest BCUT2D eigenvalue weighted by Crippen LogP contribution is -2.39. The quantitative estimate of drug-likeness (QED) is 0.789. The molecule has 2 nitrogen and oxygen atoms in total. The Morgan fingerprint density at radius 1 is 1.19 bits per heavy atom. The van der Waals surface area contributed by atoms with Crippen LogP contribution >= 0.6 is 0 Å². The molecule has 2 heteroatoms. The van der Waals surface area contributed by atoms with E-state index in [-0.39, 0.29) is 0 Å². The Morgan fingerprint density at radius 2 is 2.00 bits per heavy atom. The van der Waals surface area contributed by atoms with Crippen LogP contribution in [-0.2, 0) is 0 Å². The predicted octanol–water partition coefficient (Wildman–Crippen LogP) is 2.49. The van der Waals surface area contributed by atoms with E-state index in [1.807, 2.05) is 0 Å². The maximum absolute atomic E-state index is 3.67. The lowest BCUT2D eigenvalue weighted by atomic mass is 9.97. The highest BCUT2D eigenvalue weighted by molar-refractivity contribution is 4.92. The Hall–Kier alpha value is -0.0800. The third-order valence-electron chi connectivity index (χ3n) is 4.79. The number of nitrogens with one attached hydrogen (secondary N) is 1. The molecule has 1 saturated carbocycles. The smallest absolute Gasteiger partial charge is 0.0207 e. The zero-order chi connectivity index (χ0) is 11.5. The second-order valence-corrected chi connectivity index (χ2v) is 5.92. The molecule has 0 aromatic heterocycles. The summed E-state index contributed by atoms with van der Waals surface area (Å²) < 4.78 is 0. The Morgan fingerprint density at radius 3 is 2.62 bits per heavy atom. The molecule has 0 radical (unpaired) electrons. The van der Waals surface area contributed by atoms with Crippen molar-refractivity contribution in [1.29, 1.82) is 0 Å². The summed E-state index contributed by atoms with van der Waals surface area (Å²) in [7, 11) is 0. The van der Waals surface area contributed by atoms with E-state index in [1.165, 1.54) is 45.3 Å². The van der Waals surface area contributed by atoms with Crippen molar-refractivity contribution in [2.24, 2.45) is 11.8 Å². The molecule has 1 N–H and O–H groups in total. The van der Waals surface area contributed by atoms with Crippen molar-refractivity contribution in [2.45, 2.75) is 58.5 Å². The molecule has 1 heterocycles. The second-order valence-electron chi connectivity index (χ2n) is 5.92. The van der Waals surface area contributed by atoms with E-state index in [9.17, 15) is 0 Å². The van der Waals surface area contributed by atoms with Gasteiger partial charge in [0.1, 0.15) is 0 Å². The molecule has 4 unspecified atom stereocenters. The highest BCUT2D eigenvalue weighted by Gasteiger charge is 2.36. The number of likely N-dealkylation sites (tertiary alicyclic amines) is 1. The van der Waals surface area contributed by atoms with Gasteiger partial charge in [0.25, 0.3) is 0 Å². The molecule has 0 bridgehead atoms. The topological polar surface area (TPSA) is 15.3 Å². The van der Waals surface area contributed by atoms with Gasteiger partial charge in [0, 0.05) is 25.2 Å². The van der Waals surface area contributed by atoms with Gasteiger partial charge in [-0.1, -0.05) is 20.8 Å². The van der Waals surface area contributed by atoms with Gasteiger partial charge < -0.3 is 5.32 Å². The highest BCUT2D eigenvalue weighted by Crippen LogP contribution is 2.35. The van der Waals surface area contributed by atoms with Crippen molar-refractivity contribution >= 4 is 0 Å². The van der Waals surface area contributed by atoms with Gasteiger partial charge in [-0.05, 0) is 44.1 Å². The molecule has 1 aliphatic carbocycles. The van der Waals surface area contributed by atoms with Gasteiger partial charge in [0.05, 0.1) is 0 Å². The average molecular weight is 224 g/mol. The van der Waals surface area contributed by atoms with Crippen molar-refractivity contribution in [3.05, 3.63) is 0 Å². The fraction of sp³-hybridized carbons (Fsp3) is 1.00. The number of rotatable bonds is 4. The van der Waals surface area contributed by atoms with Crippen LogP contribution in [0.4, 0.5) is 0 Å². The Labute approximate surface area is 101 Å². The Kier molecular flexibility index (Phi) is 4.26. The number of hydrogen-bond donors (Lipinski definition) is 1. The van der Waals surface area contributed by atoms with Gasteiger partial charge in [-0.3, -0.25) is 4.90 Å². The molecule has 94 valence electrons. The van der Waals surface area contributed by atoms with E-state index < -0.39 is 0 Å². The van der Waals surface area contributed by atoms with E-state index in [1.54, 1.807) is 0 Å². The monoisotopic (exact) mass is 224 g/mol. The fourth-order valence-corrected chi connectivity index (χ4v) is 3.46. The normalized spacial score (nSPS) is 40.7. The minimum atomic E-state index is 0.767. The van der Waals surface area contributed by atoms with Gasteiger partial charge in [-0.25, -0.2) is 0 Å². The van der Waals surface area contributed by atoms with Gasteiger partial charge >= 0.3 is 0 Å². The molecular formula is C14H28N2. The van der Waals surface area contributed by atoms with Crippen LogP contribution in [0.2, 0.25) is 0 Å². The maximum Gasteiger partial charge on any atom is 0.0207 e. The van der Waals surface area contributed by atoms with Crippen LogP contribution in [-0.4, -0.2) is 36.6 Å². The largest absolute Gasteiger partial charge is 0.313 e. The van der Waals surface area contributed by atoms with E-state index in [2.05, 4.69) is 31.0 Å². The summed E-state index contributed by atoms with van der Waals surface area (Å²) in [6, 6.07) is 1.64. The Bertz CT molecular complexity index is 217. The second kappa shape index (κ2) is 5.50. The minimum absolute atomic E-state index is 0.767. The van der Waals surface area contributed by atoms with Crippen LogP contribution < -0.4 is 5.32 Å². The zero-order valence-corrected chi connectivity index (χ0v) is 11.2. The summed E-state index contributed by atoms with van der Waals surface area (Å²) >= 11 is 0. The molecule has 0 aromatic rings. The fourth-order valence-electron chi connectivity index (χ4n) is 3.46. The van der Waals surface area contributed by atoms with Crippen LogP contribution in [0, 0.1) is 11.8 Å². The lowest BCUT2D eigenvalue weighted by molar-refractivity contribution is 0.188. The van der Waals surface area contributed by atoms with Crippen molar-refractivity contribution in [3.8, 4) is 0 Å². The molecule has 2 fully saturated rings. The third kappa shape index (κ3) is 2.60. The van der Waals surface area contributed by atoms with E-state index in [0.29, 0.717) is 0 Å². The summed E-state index contributed by atoms with van der Waals surface area (Å²) in [4.78, 5) is 2.75. The Balaban J connectivity index is 1.80. The summed E-state index contributed by atoms with van der Waals surface area (Å²) in [5.74, 6) is 1.84. The van der Waals surface area contributed by atoms with Crippen LogP contribution in [0.5, 0.6) is 0 Å². The van der Waals surface area contributed by atoms with E-state index in [0.717, 1.165) is 23.9 Å². The van der Waals surface area contributed by atoms with Crippen molar-refractivity contribution in [1.82, 2.24) is 10.2 Å². The van der Waals surface area contributed by atoms with Crippen molar-refractivity contribution < 1.29 is 0 Å². The van der Waals surface area contributed by atoms with Crippen LogP contribution in [0.25, 0.3) is 0 Å². The molecule has 2 aliphatic rings. The first-order chi connectivity index (χ1) is 7.72. The summed E-state index contributed by atoms with van der Waals surface area (Å²) in [5, 5.41) is 3.67. The summed E-state index contributed by atoms with van der Waals surface area (Å²) in [5.41, 5.74) is 0. The molecule has 4 atom stereocenters.